The molecule has 1 aliphatic carbocycles. The SMILES string of the molecule is COc1cccc(NC(=O)c2ccc(N3C(=O)[C@H]4C[C@@H](C)CC[C@H]4C3=O)cc2)c1. The molecule has 3 atom stereocenters. The van der Waals surface area contributed by atoms with Gasteiger partial charge in [0, 0.05) is 17.3 Å². The number of carbonyl (C=O) groups excluding carboxylic acids is 3. The number of ether oxygens (including phenoxy) is 1. The predicted molar refractivity (Wildman–Crippen MR) is 110 cm³/mol. The molecule has 0 bridgehead atoms. The van der Waals surface area contributed by atoms with Crippen molar-refractivity contribution in [3.63, 3.8) is 0 Å². The van der Waals surface area contributed by atoms with Gasteiger partial charge in [0.25, 0.3) is 5.91 Å². The maximum absolute atomic E-state index is 12.8. The van der Waals surface area contributed by atoms with E-state index in [1.54, 1.807) is 55.6 Å². The van der Waals surface area contributed by atoms with Crippen LogP contribution in [0, 0.1) is 17.8 Å². The zero-order valence-corrected chi connectivity index (χ0v) is 16.6. The molecule has 6 nitrogen and oxygen atoms in total. The normalized spacial score (nSPS) is 23.7. The molecule has 2 aliphatic rings. The first kappa shape index (κ1) is 19.2. The Morgan fingerprint density at radius 2 is 1.76 bits per heavy atom. The van der Waals surface area contributed by atoms with Crippen LogP contribution in [0.3, 0.4) is 0 Å². The number of hydrogen-bond acceptors (Lipinski definition) is 4. The molecule has 0 unspecified atom stereocenters. The molecule has 4 rings (SSSR count). The molecule has 2 aromatic carbocycles. The van der Waals surface area contributed by atoms with Crippen LogP contribution >= 0.6 is 0 Å². The molecule has 1 heterocycles. The van der Waals surface area contributed by atoms with Gasteiger partial charge in [0.05, 0.1) is 24.6 Å². The van der Waals surface area contributed by atoms with Crippen LogP contribution in [-0.2, 0) is 9.59 Å². The van der Waals surface area contributed by atoms with Gasteiger partial charge in [-0.2, -0.15) is 0 Å². The lowest BCUT2D eigenvalue weighted by molar-refractivity contribution is -0.122. The van der Waals surface area contributed by atoms with Crippen molar-refractivity contribution in [2.45, 2.75) is 26.2 Å². The number of nitrogens with zero attached hydrogens (tertiary/aromatic N) is 1. The van der Waals surface area contributed by atoms with E-state index in [1.165, 1.54) is 4.90 Å². The Balaban J connectivity index is 1.49. The largest absolute Gasteiger partial charge is 0.497 e. The zero-order chi connectivity index (χ0) is 20.5. The first-order valence-corrected chi connectivity index (χ1v) is 9.91. The van der Waals surface area contributed by atoms with Crippen molar-refractivity contribution < 1.29 is 19.1 Å². The lowest BCUT2D eigenvalue weighted by Gasteiger charge is -2.25. The fraction of sp³-hybridized carbons (Fsp3) is 0.348. The summed E-state index contributed by atoms with van der Waals surface area (Å²) in [7, 11) is 1.57. The lowest BCUT2D eigenvalue weighted by Crippen LogP contribution is -2.30. The topological polar surface area (TPSA) is 75.7 Å². The van der Waals surface area contributed by atoms with Gasteiger partial charge in [-0.25, -0.2) is 0 Å². The molecule has 1 N–H and O–H groups in total. The van der Waals surface area contributed by atoms with Crippen LogP contribution in [0.2, 0.25) is 0 Å². The van der Waals surface area contributed by atoms with E-state index < -0.39 is 0 Å². The average Bonchev–Trinajstić information content (AvgIpc) is 2.98. The molecular formula is C23H24N2O4. The summed E-state index contributed by atoms with van der Waals surface area (Å²) in [6.45, 7) is 2.13. The third kappa shape index (κ3) is 3.62. The smallest absolute Gasteiger partial charge is 0.255 e. The summed E-state index contributed by atoms with van der Waals surface area (Å²) >= 11 is 0. The van der Waals surface area contributed by atoms with Gasteiger partial charge < -0.3 is 10.1 Å². The van der Waals surface area contributed by atoms with Crippen LogP contribution in [0.1, 0.15) is 36.5 Å². The van der Waals surface area contributed by atoms with Gasteiger partial charge in [-0.3, -0.25) is 19.3 Å². The Bertz CT molecular complexity index is 954. The van der Waals surface area contributed by atoms with Crippen molar-refractivity contribution in [1.82, 2.24) is 0 Å². The summed E-state index contributed by atoms with van der Waals surface area (Å²) in [5.41, 5.74) is 1.60. The van der Waals surface area contributed by atoms with E-state index in [9.17, 15) is 14.4 Å². The molecule has 3 amide bonds. The van der Waals surface area contributed by atoms with Crippen LogP contribution in [-0.4, -0.2) is 24.8 Å². The van der Waals surface area contributed by atoms with Crippen LogP contribution < -0.4 is 15.0 Å². The number of hydrogen-bond donors (Lipinski definition) is 1. The molecular weight excluding hydrogens is 368 g/mol. The first-order valence-electron chi connectivity index (χ1n) is 9.91. The highest BCUT2D eigenvalue weighted by atomic mass is 16.5. The van der Waals surface area contributed by atoms with E-state index in [0.29, 0.717) is 28.6 Å². The molecule has 150 valence electrons. The summed E-state index contributed by atoms with van der Waals surface area (Å²) in [6, 6.07) is 13.7. The quantitative estimate of drug-likeness (QED) is 0.802. The summed E-state index contributed by atoms with van der Waals surface area (Å²) in [5.74, 6) is 0.222. The van der Waals surface area contributed by atoms with E-state index in [2.05, 4.69) is 12.2 Å². The highest BCUT2D eigenvalue weighted by Crippen LogP contribution is 2.42. The Morgan fingerprint density at radius 3 is 2.48 bits per heavy atom. The van der Waals surface area contributed by atoms with Gasteiger partial charge in [-0.05, 0) is 61.6 Å². The van der Waals surface area contributed by atoms with Gasteiger partial charge in [0.2, 0.25) is 11.8 Å². The summed E-state index contributed by atoms with van der Waals surface area (Å²) < 4.78 is 5.16. The molecule has 6 heteroatoms. The van der Waals surface area contributed by atoms with Crippen LogP contribution in [0.4, 0.5) is 11.4 Å². The zero-order valence-electron chi connectivity index (χ0n) is 16.6. The molecule has 2 fully saturated rings. The summed E-state index contributed by atoms with van der Waals surface area (Å²) in [6.07, 6.45) is 2.53. The van der Waals surface area contributed by atoms with Gasteiger partial charge in [-0.1, -0.05) is 13.0 Å². The maximum Gasteiger partial charge on any atom is 0.255 e. The standard InChI is InChI=1S/C23H24N2O4/c1-14-6-11-19-20(12-14)23(28)25(22(19)27)17-9-7-15(8-10-17)21(26)24-16-4-3-5-18(13-16)29-2/h3-5,7-10,13-14,19-20H,6,11-12H2,1-2H3,(H,24,26)/t14-,19+,20-/m0/s1. The third-order valence-corrected chi connectivity index (χ3v) is 5.90. The highest BCUT2D eigenvalue weighted by Gasteiger charge is 2.49. The van der Waals surface area contributed by atoms with Crippen LogP contribution in [0.15, 0.2) is 48.5 Å². The van der Waals surface area contributed by atoms with E-state index in [4.69, 9.17) is 4.74 Å². The van der Waals surface area contributed by atoms with Gasteiger partial charge in [0.15, 0.2) is 0 Å². The first-order chi connectivity index (χ1) is 14.0. The number of imide groups is 1. The molecule has 0 spiro atoms. The van der Waals surface area contributed by atoms with E-state index in [1.807, 2.05) is 0 Å². The van der Waals surface area contributed by atoms with Crippen LogP contribution in [0.25, 0.3) is 0 Å². The Hall–Kier alpha value is -3.15. The Morgan fingerprint density at radius 1 is 1.03 bits per heavy atom. The number of methoxy groups -OCH3 is 1. The van der Waals surface area contributed by atoms with Crippen molar-refractivity contribution >= 4 is 29.1 Å². The van der Waals surface area contributed by atoms with Crippen molar-refractivity contribution in [3.8, 4) is 5.75 Å². The summed E-state index contributed by atoms with van der Waals surface area (Å²) in [5, 5.41) is 2.82. The fourth-order valence-electron chi connectivity index (χ4n) is 4.31. The Kier molecular flexibility index (Phi) is 5.09. The van der Waals surface area contributed by atoms with Crippen molar-refractivity contribution in [3.05, 3.63) is 54.1 Å². The van der Waals surface area contributed by atoms with E-state index >= 15 is 0 Å². The minimum Gasteiger partial charge on any atom is -0.497 e. The Labute approximate surface area is 169 Å². The fourth-order valence-corrected chi connectivity index (χ4v) is 4.31. The molecule has 1 saturated heterocycles. The van der Waals surface area contributed by atoms with Crippen molar-refractivity contribution in [2.75, 3.05) is 17.3 Å². The molecule has 0 radical (unpaired) electrons. The number of nitrogens with one attached hydrogen (secondary N) is 1. The predicted octanol–water partition coefficient (Wildman–Crippen LogP) is 3.87. The number of amides is 3. The van der Waals surface area contributed by atoms with Gasteiger partial charge >= 0.3 is 0 Å². The average molecular weight is 392 g/mol. The summed E-state index contributed by atoms with van der Waals surface area (Å²) in [4.78, 5) is 39.4. The second kappa shape index (κ2) is 7.70. The number of fused-ring (bicyclic) bond motifs is 1. The lowest BCUT2D eigenvalue weighted by atomic mass is 9.76. The second-order valence-corrected chi connectivity index (χ2v) is 7.88. The number of benzene rings is 2. The minimum absolute atomic E-state index is 0.111. The molecule has 29 heavy (non-hydrogen) atoms. The number of carbonyl (C=O) groups is 3. The molecule has 1 aliphatic heterocycles. The molecule has 1 saturated carbocycles. The number of anilines is 2. The van der Waals surface area contributed by atoms with Gasteiger partial charge in [0.1, 0.15) is 5.75 Å². The monoisotopic (exact) mass is 392 g/mol. The molecule has 2 aromatic rings. The van der Waals surface area contributed by atoms with Gasteiger partial charge in [-0.15, -0.1) is 0 Å². The second-order valence-electron chi connectivity index (χ2n) is 7.88. The highest BCUT2D eigenvalue weighted by molar-refractivity contribution is 6.22. The third-order valence-electron chi connectivity index (χ3n) is 5.90. The van der Waals surface area contributed by atoms with Crippen molar-refractivity contribution in [1.29, 1.82) is 0 Å². The maximum atomic E-state index is 12.8. The van der Waals surface area contributed by atoms with Crippen molar-refractivity contribution in [2.24, 2.45) is 17.8 Å². The number of rotatable bonds is 4. The van der Waals surface area contributed by atoms with E-state index in [0.717, 1.165) is 19.3 Å². The van der Waals surface area contributed by atoms with E-state index in [-0.39, 0.29) is 29.6 Å². The molecule has 0 aromatic heterocycles. The minimum atomic E-state index is -0.272. The van der Waals surface area contributed by atoms with Crippen LogP contribution in [0.5, 0.6) is 5.75 Å².